The molecule has 1 heterocycles. The summed E-state index contributed by atoms with van der Waals surface area (Å²) in [6.45, 7) is 5.15. The van der Waals surface area contributed by atoms with Crippen LogP contribution in [-0.2, 0) is 9.53 Å². The summed E-state index contributed by atoms with van der Waals surface area (Å²) in [5.41, 5.74) is 1.59. The van der Waals surface area contributed by atoms with E-state index in [1.54, 1.807) is 12.1 Å². The predicted molar refractivity (Wildman–Crippen MR) is 106 cm³/mol. The van der Waals surface area contributed by atoms with Crippen molar-refractivity contribution >= 4 is 28.9 Å². The zero-order chi connectivity index (χ0) is 19.1. The Bertz CT molecular complexity index is 778. The molecule has 1 amide bonds. The van der Waals surface area contributed by atoms with E-state index in [4.69, 9.17) is 25.8 Å². The van der Waals surface area contributed by atoms with Gasteiger partial charge in [0.2, 0.25) is 0 Å². The normalized spacial score (nSPS) is 13.9. The highest BCUT2D eigenvalue weighted by Gasteiger charge is 2.17. The summed E-state index contributed by atoms with van der Waals surface area (Å²) in [5.74, 6) is 0.886. The first-order chi connectivity index (χ1) is 13.2. The molecule has 2 aromatic rings. The SMILES string of the molecule is CCOc1ccccc1OCC(=O)Nc1cc(Cl)ccc1N1CCOCC1. The lowest BCUT2D eigenvalue weighted by Gasteiger charge is -2.30. The predicted octanol–water partition coefficient (Wildman–Crippen LogP) is 3.59. The van der Waals surface area contributed by atoms with Gasteiger partial charge >= 0.3 is 0 Å². The van der Waals surface area contributed by atoms with Gasteiger partial charge in [0.25, 0.3) is 5.91 Å². The van der Waals surface area contributed by atoms with Crippen LogP contribution in [-0.4, -0.2) is 45.4 Å². The Hall–Kier alpha value is -2.44. The Kier molecular flexibility index (Phi) is 6.79. The molecule has 7 heteroatoms. The van der Waals surface area contributed by atoms with Crippen LogP contribution in [0, 0.1) is 0 Å². The fourth-order valence-electron chi connectivity index (χ4n) is 2.86. The Balaban J connectivity index is 1.66. The van der Waals surface area contributed by atoms with Gasteiger partial charge in [-0.3, -0.25) is 4.79 Å². The Morgan fingerprint density at radius 2 is 1.85 bits per heavy atom. The Morgan fingerprint density at radius 1 is 1.15 bits per heavy atom. The van der Waals surface area contributed by atoms with Crippen LogP contribution in [0.15, 0.2) is 42.5 Å². The monoisotopic (exact) mass is 390 g/mol. The van der Waals surface area contributed by atoms with Gasteiger partial charge in [-0.15, -0.1) is 0 Å². The van der Waals surface area contributed by atoms with E-state index in [-0.39, 0.29) is 12.5 Å². The van der Waals surface area contributed by atoms with Crippen LogP contribution in [0.2, 0.25) is 5.02 Å². The fourth-order valence-corrected chi connectivity index (χ4v) is 3.03. The molecule has 0 bridgehead atoms. The fraction of sp³-hybridized carbons (Fsp3) is 0.350. The number of rotatable bonds is 7. The van der Waals surface area contributed by atoms with Gasteiger partial charge in [0, 0.05) is 18.1 Å². The van der Waals surface area contributed by atoms with E-state index in [0.717, 1.165) is 18.8 Å². The van der Waals surface area contributed by atoms with Crippen molar-refractivity contribution in [1.29, 1.82) is 0 Å². The number of benzene rings is 2. The van der Waals surface area contributed by atoms with Crippen molar-refractivity contribution in [3.05, 3.63) is 47.5 Å². The number of para-hydroxylation sites is 2. The summed E-state index contributed by atoms with van der Waals surface area (Å²) in [4.78, 5) is 14.6. The lowest BCUT2D eigenvalue weighted by molar-refractivity contribution is -0.118. The zero-order valence-corrected chi connectivity index (χ0v) is 16.0. The summed E-state index contributed by atoms with van der Waals surface area (Å²) in [5, 5.41) is 3.46. The van der Waals surface area contributed by atoms with Gasteiger partial charge in [0.05, 0.1) is 31.2 Å². The first-order valence-corrected chi connectivity index (χ1v) is 9.32. The van der Waals surface area contributed by atoms with E-state index >= 15 is 0 Å². The number of hydrogen-bond donors (Lipinski definition) is 1. The second kappa shape index (κ2) is 9.48. The highest BCUT2D eigenvalue weighted by atomic mass is 35.5. The quantitative estimate of drug-likeness (QED) is 0.782. The third kappa shape index (κ3) is 5.28. The number of morpholine rings is 1. The molecular weight excluding hydrogens is 368 g/mol. The molecule has 27 heavy (non-hydrogen) atoms. The third-order valence-electron chi connectivity index (χ3n) is 4.09. The minimum atomic E-state index is -0.266. The third-order valence-corrected chi connectivity index (χ3v) is 4.33. The number of carbonyl (C=O) groups is 1. The van der Waals surface area contributed by atoms with Crippen LogP contribution < -0.4 is 19.7 Å². The number of amides is 1. The van der Waals surface area contributed by atoms with Crippen molar-refractivity contribution in [3.8, 4) is 11.5 Å². The van der Waals surface area contributed by atoms with E-state index in [2.05, 4.69) is 10.2 Å². The summed E-state index contributed by atoms with van der Waals surface area (Å²) >= 11 is 6.13. The van der Waals surface area contributed by atoms with Crippen LogP contribution >= 0.6 is 11.6 Å². The molecule has 6 nitrogen and oxygen atoms in total. The zero-order valence-electron chi connectivity index (χ0n) is 15.2. The number of anilines is 2. The molecule has 0 spiro atoms. The number of hydrogen-bond acceptors (Lipinski definition) is 5. The van der Waals surface area contributed by atoms with Gasteiger partial charge in [-0.2, -0.15) is 0 Å². The van der Waals surface area contributed by atoms with Crippen molar-refractivity contribution in [3.63, 3.8) is 0 Å². The molecule has 1 aliphatic heterocycles. The molecule has 0 saturated carbocycles. The molecule has 0 unspecified atom stereocenters. The highest BCUT2D eigenvalue weighted by molar-refractivity contribution is 6.31. The lowest BCUT2D eigenvalue weighted by atomic mass is 10.2. The standard InChI is InChI=1S/C20H23ClN2O4/c1-2-26-18-5-3-4-6-19(18)27-14-20(24)22-16-13-15(21)7-8-17(16)23-9-11-25-12-10-23/h3-8,13H,2,9-12,14H2,1H3,(H,22,24). The van der Waals surface area contributed by atoms with Gasteiger partial charge in [0.1, 0.15) is 0 Å². The van der Waals surface area contributed by atoms with Crippen LogP contribution in [0.25, 0.3) is 0 Å². The van der Waals surface area contributed by atoms with Crippen molar-refractivity contribution in [2.24, 2.45) is 0 Å². The van der Waals surface area contributed by atoms with Gasteiger partial charge in [-0.05, 0) is 37.3 Å². The van der Waals surface area contributed by atoms with E-state index in [1.807, 2.05) is 37.3 Å². The van der Waals surface area contributed by atoms with E-state index in [0.29, 0.717) is 42.0 Å². The second-order valence-corrected chi connectivity index (χ2v) is 6.41. The molecule has 1 N–H and O–H groups in total. The summed E-state index contributed by atoms with van der Waals surface area (Å²) in [6.07, 6.45) is 0. The Morgan fingerprint density at radius 3 is 2.56 bits per heavy atom. The molecule has 1 aliphatic rings. The van der Waals surface area contributed by atoms with Crippen LogP contribution in [0.1, 0.15) is 6.92 Å². The van der Waals surface area contributed by atoms with Crippen molar-refractivity contribution in [2.45, 2.75) is 6.92 Å². The summed E-state index contributed by atoms with van der Waals surface area (Å²) < 4.78 is 16.5. The molecule has 0 radical (unpaired) electrons. The van der Waals surface area contributed by atoms with Crippen LogP contribution in [0.5, 0.6) is 11.5 Å². The van der Waals surface area contributed by atoms with Crippen LogP contribution in [0.4, 0.5) is 11.4 Å². The second-order valence-electron chi connectivity index (χ2n) is 5.98. The minimum absolute atomic E-state index is 0.126. The van der Waals surface area contributed by atoms with Crippen molar-refractivity contribution in [2.75, 3.05) is 49.7 Å². The maximum absolute atomic E-state index is 12.4. The highest BCUT2D eigenvalue weighted by Crippen LogP contribution is 2.30. The maximum Gasteiger partial charge on any atom is 0.262 e. The number of carbonyl (C=O) groups excluding carboxylic acids is 1. The van der Waals surface area contributed by atoms with Crippen molar-refractivity contribution < 1.29 is 19.0 Å². The van der Waals surface area contributed by atoms with E-state index < -0.39 is 0 Å². The average molecular weight is 391 g/mol. The number of nitrogens with zero attached hydrogens (tertiary/aromatic N) is 1. The number of ether oxygens (including phenoxy) is 3. The van der Waals surface area contributed by atoms with Crippen LogP contribution in [0.3, 0.4) is 0 Å². The first-order valence-electron chi connectivity index (χ1n) is 8.94. The van der Waals surface area contributed by atoms with Gasteiger partial charge in [-0.1, -0.05) is 23.7 Å². The van der Waals surface area contributed by atoms with Crippen molar-refractivity contribution in [1.82, 2.24) is 0 Å². The first kappa shape index (κ1) is 19.3. The van der Waals surface area contributed by atoms with Gasteiger partial charge in [0.15, 0.2) is 18.1 Å². The number of halogens is 1. The molecule has 144 valence electrons. The molecular formula is C20H23ClN2O4. The molecule has 0 aromatic heterocycles. The maximum atomic E-state index is 12.4. The van der Waals surface area contributed by atoms with E-state index in [9.17, 15) is 4.79 Å². The average Bonchev–Trinajstić information content (AvgIpc) is 2.68. The van der Waals surface area contributed by atoms with Gasteiger partial charge < -0.3 is 24.4 Å². The molecule has 0 aliphatic carbocycles. The molecule has 1 saturated heterocycles. The number of nitrogens with one attached hydrogen (secondary N) is 1. The lowest BCUT2D eigenvalue weighted by Crippen LogP contribution is -2.37. The molecule has 1 fully saturated rings. The topological polar surface area (TPSA) is 60.0 Å². The summed E-state index contributed by atoms with van der Waals surface area (Å²) in [7, 11) is 0. The molecule has 3 rings (SSSR count). The van der Waals surface area contributed by atoms with Gasteiger partial charge in [-0.25, -0.2) is 0 Å². The van der Waals surface area contributed by atoms with E-state index in [1.165, 1.54) is 0 Å². The minimum Gasteiger partial charge on any atom is -0.490 e. The smallest absolute Gasteiger partial charge is 0.262 e. The Labute approximate surface area is 164 Å². The molecule has 2 aromatic carbocycles. The largest absolute Gasteiger partial charge is 0.490 e. The molecule has 0 atom stereocenters. The summed E-state index contributed by atoms with van der Waals surface area (Å²) in [6, 6.07) is 12.8.